The minimum atomic E-state index is -0.722. The van der Waals surface area contributed by atoms with Gasteiger partial charge >= 0.3 is 0 Å². The number of nitrogens with one attached hydrogen (secondary N) is 2. The van der Waals surface area contributed by atoms with Crippen LogP contribution in [0.5, 0.6) is 0 Å². The fourth-order valence-electron chi connectivity index (χ4n) is 1.62. The van der Waals surface area contributed by atoms with Gasteiger partial charge in [-0.1, -0.05) is 0 Å². The van der Waals surface area contributed by atoms with Crippen molar-refractivity contribution in [3.05, 3.63) is 18.2 Å². The van der Waals surface area contributed by atoms with Gasteiger partial charge in [-0.15, -0.1) is 0 Å². The maximum absolute atomic E-state index is 11.8. The molecule has 5 heteroatoms. The van der Waals surface area contributed by atoms with Crippen LogP contribution in [-0.2, 0) is 11.3 Å². The maximum Gasteiger partial charge on any atom is 0.240 e. The average Bonchev–Trinajstić information content (AvgIpc) is 2.94. The van der Waals surface area contributed by atoms with Gasteiger partial charge in [0.25, 0.3) is 0 Å². The molecule has 1 aromatic heterocycles. The van der Waals surface area contributed by atoms with Crippen molar-refractivity contribution in [3.63, 3.8) is 0 Å². The Hall–Kier alpha value is -1.36. The van der Waals surface area contributed by atoms with E-state index < -0.39 is 5.54 Å². The van der Waals surface area contributed by atoms with E-state index in [1.165, 1.54) is 0 Å². The van der Waals surface area contributed by atoms with Crippen LogP contribution in [0.15, 0.2) is 12.5 Å². The molecule has 82 valence electrons. The third-order valence-corrected chi connectivity index (χ3v) is 2.91. The first-order valence-corrected chi connectivity index (χ1v) is 5.15. The van der Waals surface area contributed by atoms with Crippen molar-refractivity contribution in [2.75, 3.05) is 0 Å². The first-order chi connectivity index (χ1) is 7.10. The second-order valence-electron chi connectivity index (χ2n) is 4.32. The second-order valence-corrected chi connectivity index (χ2v) is 4.32. The van der Waals surface area contributed by atoms with Crippen molar-refractivity contribution in [1.29, 1.82) is 0 Å². The second kappa shape index (κ2) is 3.66. The van der Waals surface area contributed by atoms with E-state index in [4.69, 9.17) is 5.73 Å². The van der Waals surface area contributed by atoms with Gasteiger partial charge in [-0.2, -0.15) is 0 Å². The molecule has 0 spiro atoms. The Morgan fingerprint density at radius 1 is 1.80 bits per heavy atom. The molecular formula is C10H16N4O. The third-order valence-electron chi connectivity index (χ3n) is 2.91. The molecule has 0 bridgehead atoms. The van der Waals surface area contributed by atoms with Gasteiger partial charge in [-0.25, -0.2) is 4.98 Å². The molecule has 1 saturated carbocycles. The normalized spacial score (nSPS) is 19.6. The Morgan fingerprint density at radius 3 is 3.07 bits per heavy atom. The van der Waals surface area contributed by atoms with Crippen LogP contribution >= 0.6 is 0 Å². The average molecular weight is 208 g/mol. The number of rotatable bonds is 4. The monoisotopic (exact) mass is 208 g/mol. The zero-order valence-corrected chi connectivity index (χ0v) is 8.79. The van der Waals surface area contributed by atoms with Crippen molar-refractivity contribution in [2.24, 2.45) is 11.7 Å². The first kappa shape index (κ1) is 10.2. The maximum atomic E-state index is 11.8. The summed E-state index contributed by atoms with van der Waals surface area (Å²) in [5.74, 6) is 0.263. The summed E-state index contributed by atoms with van der Waals surface area (Å²) >= 11 is 0. The lowest BCUT2D eigenvalue weighted by Crippen LogP contribution is -2.53. The van der Waals surface area contributed by atoms with Gasteiger partial charge < -0.3 is 16.0 Å². The lowest BCUT2D eigenvalue weighted by atomic mass is 9.96. The predicted octanol–water partition coefficient (Wildman–Crippen LogP) is 0.153. The molecule has 1 fully saturated rings. The van der Waals surface area contributed by atoms with Gasteiger partial charge in [0.05, 0.1) is 24.1 Å². The summed E-state index contributed by atoms with van der Waals surface area (Å²) in [6.45, 7) is 2.26. The minimum absolute atomic E-state index is 0.0837. The van der Waals surface area contributed by atoms with Gasteiger partial charge in [0, 0.05) is 6.20 Å². The first-order valence-electron chi connectivity index (χ1n) is 5.15. The molecule has 0 saturated heterocycles. The molecule has 1 aliphatic carbocycles. The number of carbonyl (C=O) groups excluding carboxylic acids is 1. The van der Waals surface area contributed by atoms with Crippen LogP contribution in [0.25, 0.3) is 0 Å². The summed E-state index contributed by atoms with van der Waals surface area (Å²) in [6.07, 6.45) is 5.39. The quantitative estimate of drug-likeness (QED) is 0.658. The van der Waals surface area contributed by atoms with Gasteiger partial charge in [0.1, 0.15) is 0 Å². The van der Waals surface area contributed by atoms with Crippen molar-refractivity contribution in [3.8, 4) is 0 Å². The third kappa shape index (κ3) is 2.18. The van der Waals surface area contributed by atoms with E-state index in [1.54, 1.807) is 19.4 Å². The Bertz CT molecular complexity index is 340. The number of H-pyrrole nitrogens is 1. The highest BCUT2D eigenvalue weighted by molar-refractivity contribution is 5.86. The summed E-state index contributed by atoms with van der Waals surface area (Å²) in [7, 11) is 0. The number of carbonyl (C=O) groups is 1. The van der Waals surface area contributed by atoms with E-state index in [0.29, 0.717) is 12.5 Å². The van der Waals surface area contributed by atoms with Gasteiger partial charge in [-0.3, -0.25) is 4.79 Å². The molecule has 1 aromatic rings. The van der Waals surface area contributed by atoms with Crippen LogP contribution in [0.2, 0.25) is 0 Å². The molecule has 1 atom stereocenters. The van der Waals surface area contributed by atoms with E-state index in [2.05, 4.69) is 15.3 Å². The molecule has 0 radical (unpaired) electrons. The molecule has 1 amide bonds. The van der Waals surface area contributed by atoms with Gasteiger partial charge in [0.15, 0.2) is 0 Å². The Balaban J connectivity index is 1.86. The summed E-state index contributed by atoms with van der Waals surface area (Å²) in [4.78, 5) is 18.6. The molecule has 5 nitrogen and oxygen atoms in total. The molecule has 0 aromatic carbocycles. The lowest BCUT2D eigenvalue weighted by Gasteiger charge is -2.22. The molecule has 0 aliphatic heterocycles. The number of aromatic nitrogens is 2. The summed E-state index contributed by atoms with van der Waals surface area (Å²) in [5.41, 5.74) is 6.13. The van der Waals surface area contributed by atoms with Crippen LogP contribution in [0.4, 0.5) is 0 Å². The van der Waals surface area contributed by atoms with Gasteiger partial charge in [-0.05, 0) is 25.7 Å². The van der Waals surface area contributed by atoms with E-state index >= 15 is 0 Å². The summed E-state index contributed by atoms with van der Waals surface area (Å²) in [6, 6.07) is 0. The largest absolute Gasteiger partial charge is 0.349 e. The van der Waals surface area contributed by atoms with Crippen molar-refractivity contribution < 1.29 is 4.79 Å². The Morgan fingerprint density at radius 2 is 2.53 bits per heavy atom. The standard InChI is InChI=1S/C10H16N4O/c1-10(11,7-2-3-7)9(15)13-5-8-4-12-6-14-8/h4,6-7H,2-3,5,11H2,1H3,(H,12,14)(H,13,15). The highest BCUT2D eigenvalue weighted by Gasteiger charge is 2.43. The summed E-state index contributed by atoms with van der Waals surface area (Å²) < 4.78 is 0. The number of nitrogens with two attached hydrogens (primary N) is 1. The molecule has 1 heterocycles. The van der Waals surface area contributed by atoms with E-state index in [9.17, 15) is 4.79 Å². The SMILES string of the molecule is CC(N)(C(=O)NCc1cnc[nH]1)C1CC1. The van der Waals surface area contributed by atoms with E-state index in [1.807, 2.05) is 0 Å². The lowest BCUT2D eigenvalue weighted by molar-refractivity contribution is -0.126. The van der Waals surface area contributed by atoms with Crippen LogP contribution in [0.1, 0.15) is 25.5 Å². The number of amides is 1. The van der Waals surface area contributed by atoms with E-state index in [0.717, 1.165) is 18.5 Å². The van der Waals surface area contributed by atoms with Crippen LogP contribution in [-0.4, -0.2) is 21.4 Å². The van der Waals surface area contributed by atoms with E-state index in [-0.39, 0.29) is 5.91 Å². The Labute approximate surface area is 88.5 Å². The van der Waals surface area contributed by atoms with Crippen LogP contribution < -0.4 is 11.1 Å². The van der Waals surface area contributed by atoms with Crippen LogP contribution in [0.3, 0.4) is 0 Å². The minimum Gasteiger partial charge on any atom is -0.349 e. The fraction of sp³-hybridized carbons (Fsp3) is 0.600. The number of hydrogen-bond donors (Lipinski definition) is 3. The van der Waals surface area contributed by atoms with Crippen molar-refractivity contribution >= 4 is 5.91 Å². The van der Waals surface area contributed by atoms with Crippen molar-refractivity contribution in [1.82, 2.24) is 15.3 Å². The number of imidazole rings is 1. The summed E-state index contributed by atoms with van der Waals surface area (Å²) in [5, 5.41) is 2.81. The molecule has 2 rings (SSSR count). The van der Waals surface area contributed by atoms with Gasteiger partial charge in [0.2, 0.25) is 5.91 Å². The fourth-order valence-corrected chi connectivity index (χ4v) is 1.62. The number of aromatic amines is 1. The molecule has 1 aliphatic rings. The van der Waals surface area contributed by atoms with Crippen molar-refractivity contribution in [2.45, 2.75) is 31.8 Å². The molecule has 15 heavy (non-hydrogen) atoms. The number of hydrogen-bond acceptors (Lipinski definition) is 3. The molecule has 1 unspecified atom stereocenters. The zero-order chi connectivity index (χ0) is 10.9. The molecular weight excluding hydrogens is 192 g/mol. The Kier molecular flexibility index (Phi) is 2.48. The predicted molar refractivity (Wildman–Crippen MR) is 55.8 cm³/mol. The molecule has 4 N–H and O–H groups in total. The smallest absolute Gasteiger partial charge is 0.240 e. The van der Waals surface area contributed by atoms with Crippen LogP contribution in [0, 0.1) is 5.92 Å². The highest BCUT2D eigenvalue weighted by atomic mass is 16.2. The number of nitrogens with zero attached hydrogens (tertiary/aromatic N) is 1. The topological polar surface area (TPSA) is 83.8 Å². The highest BCUT2D eigenvalue weighted by Crippen LogP contribution is 2.38. The zero-order valence-electron chi connectivity index (χ0n) is 8.79.